The Bertz CT molecular complexity index is 746. The van der Waals surface area contributed by atoms with Gasteiger partial charge in [-0.3, -0.25) is 9.78 Å². The lowest BCUT2D eigenvalue weighted by Gasteiger charge is -2.07. The van der Waals surface area contributed by atoms with Crippen LogP contribution in [0.3, 0.4) is 0 Å². The van der Waals surface area contributed by atoms with Crippen molar-refractivity contribution >= 4 is 15.9 Å². The molecule has 0 saturated carbocycles. The molecule has 0 radical (unpaired) electrons. The maximum atomic E-state index is 11.8. The second kappa shape index (κ2) is 7.15. The van der Waals surface area contributed by atoms with Crippen molar-refractivity contribution in [1.29, 1.82) is 0 Å². The number of pyridine rings is 1. The number of carbonyl (C=O) groups is 1. The third kappa shape index (κ3) is 4.94. The van der Waals surface area contributed by atoms with E-state index in [-0.39, 0.29) is 17.3 Å². The van der Waals surface area contributed by atoms with E-state index in [2.05, 4.69) is 10.3 Å². The van der Waals surface area contributed by atoms with Crippen molar-refractivity contribution in [2.24, 2.45) is 5.14 Å². The van der Waals surface area contributed by atoms with Crippen LogP contribution in [0.25, 0.3) is 0 Å². The second-order valence-corrected chi connectivity index (χ2v) is 6.39. The minimum atomic E-state index is -3.73. The molecule has 1 aromatic carbocycles. The summed E-state index contributed by atoms with van der Waals surface area (Å²) in [6.45, 7) is 0.262. The molecule has 2 aromatic rings. The summed E-state index contributed by atoms with van der Waals surface area (Å²) >= 11 is 0. The van der Waals surface area contributed by atoms with Crippen LogP contribution in [0.2, 0.25) is 0 Å². The standard InChI is InChI=1S/C15H17N3O3S/c16-22(20,21)14-3-1-2-13(10-14)11-18-15(19)5-4-12-6-8-17-9-7-12/h1-3,6-10H,4-5,11H2,(H,18,19)(H2,16,20,21). The number of nitrogens with one attached hydrogen (secondary N) is 1. The first kappa shape index (κ1) is 16.1. The number of amides is 1. The van der Waals surface area contributed by atoms with E-state index in [1.807, 2.05) is 12.1 Å². The topological polar surface area (TPSA) is 102 Å². The van der Waals surface area contributed by atoms with Crippen molar-refractivity contribution in [2.45, 2.75) is 24.3 Å². The largest absolute Gasteiger partial charge is 0.352 e. The van der Waals surface area contributed by atoms with Gasteiger partial charge in [0.2, 0.25) is 15.9 Å². The van der Waals surface area contributed by atoms with E-state index in [0.717, 1.165) is 5.56 Å². The van der Waals surface area contributed by atoms with Gasteiger partial charge in [0.05, 0.1) is 4.90 Å². The Kier molecular flexibility index (Phi) is 5.24. The van der Waals surface area contributed by atoms with Crippen molar-refractivity contribution in [3.8, 4) is 0 Å². The fourth-order valence-corrected chi connectivity index (χ4v) is 2.51. The van der Waals surface area contributed by atoms with Gasteiger partial charge in [0.15, 0.2) is 0 Å². The van der Waals surface area contributed by atoms with Gasteiger partial charge in [-0.1, -0.05) is 12.1 Å². The Morgan fingerprint density at radius 1 is 1.14 bits per heavy atom. The van der Waals surface area contributed by atoms with E-state index in [1.54, 1.807) is 24.5 Å². The number of hydrogen-bond acceptors (Lipinski definition) is 4. The van der Waals surface area contributed by atoms with E-state index in [9.17, 15) is 13.2 Å². The predicted octanol–water partition coefficient (Wildman–Crippen LogP) is 0.978. The third-order valence-electron chi connectivity index (χ3n) is 3.11. The lowest BCUT2D eigenvalue weighted by atomic mass is 10.1. The van der Waals surface area contributed by atoms with Crippen molar-refractivity contribution < 1.29 is 13.2 Å². The first-order valence-electron chi connectivity index (χ1n) is 6.72. The van der Waals surface area contributed by atoms with Crippen LogP contribution >= 0.6 is 0 Å². The van der Waals surface area contributed by atoms with Gasteiger partial charge in [0, 0.05) is 25.4 Å². The van der Waals surface area contributed by atoms with E-state index in [1.165, 1.54) is 12.1 Å². The van der Waals surface area contributed by atoms with E-state index >= 15 is 0 Å². The lowest BCUT2D eigenvalue weighted by Crippen LogP contribution is -2.23. The molecule has 0 aliphatic carbocycles. The molecule has 3 N–H and O–H groups in total. The lowest BCUT2D eigenvalue weighted by molar-refractivity contribution is -0.121. The van der Waals surface area contributed by atoms with Gasteiger partial charge in [-0.15, -0.1) is 0 Å². The average molecular weight is 319 g/mol. The Morgan fingerprint density at radius 3 is 2.55 bits per heavy atom. The monoisotopic (exact) mass is 319 g/mol. The van der Waals surface area contributed by atoms with Crippen LogP contribution in [0.1, 0.15) is 17.5 Å². The van der Waals surface area contributed by atoms with Gasteiger partial charge < -0.3 is 5.32 Å². The molecule has 0 unspecified atom stereocenters. The summed E-state index contributed by atoms with van der Waals surface area (Å²) in [5.41, 5.74) is 1.73. The zero-order chi connectivity index (χ0) is 16.0. The quantitative estimate of drug-likeness (QED) is 0.828. The van der Waals surface area contributed by atoms with Crippen LogP contribution in [0.15, 0.2) is 53.7 Å². The molecule has 6 nitrogen and oxygen atoms in total. The Labute approximate surface area is 129 Å². The molecule has 0 bridgehead atoms. The molecule has 7 heteroatoms. The van der Waals surface area contributed by atoms with Crippen molar-refractivity contribution in [3.63, 3.8) is 0 Å². The number of sulfonamides is 1. The van der Waals surface area contributed by atoms with Gasteiger partial charge in [-0.25, -0.2) is 13.6 Å². The number of hydrogen-bond donors (Lipinski definition) is 2. The van der Waals surface area contributed by atoms with E-state index < -0.39 is 10.0 Å². The minimum Gasteiger partial charge on any atom is -0.352 e. The van der Waals surface area contributed by atoms with Crippen molar-refractivity contribution in [1.82, 2.24) is 10.3 Å². The van der Waals surface area contributed by atoms with Gasteiger partial charge in [0.1, 0.15) is 0 Å². The number of aromatic nitrogens is 1. The van der Waals surface area contributed by atoms with Crippen LogP contribution in [0, 0.1) is 0 Å². The SMILES string of the molecule is NS(=O)(=O)c1cccc(CNC(=O)CCc2ccncc2)c1. The number of nitrogens with two attached hydrogens (primary N) is 1. The molecule has 1 aromatic heterocycles. The van der Waals surface area contributed by atoms with Gasteiger partial charge in [-0.05, 0) is 41.8 Å². The number of carbonyl (C=O) groups excluding carboxylic acids is 1. The molecular formula is C15H17N3O3S. The molecule has 0 aliphatic rings. The van der Waals surface area contributed by atoms with Crippen molar-refractivity contribution in [3.05, 3.63) is 59.9 Å². The summed E-state index contributed by atoms with van der Waals surface area (Å²) in [5.74, 6) is -0.0992. The van der Waals surface area contributed by atoms with Crippen LogP contribution in [0.4, 0.5) is 0 Å². The summed E-state index contributed by atoms with van der Waals surface area (Å²) < 4.78 is 22.5. The summed E-state index contributed by atoms with van der Waals surface area (Å²) in [4.78, 5) is 15.8. The van der Waals surface area contributed by atoms with Crippen molar-refractivity contribution in [2.75, 3.05) is 0 Å². The number of aryl methyl sites for hydroxylation is 1. The highest BCUT2D eigenvalue weighted by molar-refractivity contribution is 7.89. The number of primary sulfonamides is 1. The molecule has 2 rings (SSSR count). The van der Waals surface area contributed by atoms with Gasteiger partial charge in [0.25, 0.3) is 0 Å². The summed E-state index contributed by atoms with van der Waals surface area (Å²) in [6, 6.07) is 9.93. The van der Waals surface area contributed by atoms with Crippen LogP contribution in [-0.2, 0) is 27.8 Å². The normalized spacial score (nSPS) is 11.1. The Balaban J connectivity index is 1.86. The molecule has 0 aliphatic heterocycles. The first-order chi connectivity index (χ1) is 10.4. The molecular weight excluding hydrogens is 302 g/mol. The molecule has 22 heavy (non-hydrogen) atoms. The molecule has 0 atom stereocenters. The fraction of sp³-hybridized carbons (Fsp3) is 0.200. The molecule has 0 fully saturated rings. The second-order valence-electron chi connectivity index (χ2n) is 4.82. The number of nitrogens with zero attached hydrogens (tertiary/aromatic N) is 1. The summed E-state index contributed by atoms with van der Waals surface area (Å²) in [6.07, 6.45) is 4.36. The smallest absolute Gasteiger partial charge is 0.238 e. The van der Waals surface area contributed by atoms with Crippen LogP contribution in [0.5, 0.6) is 0 Å². The fourth-order valence-electron chi connectivity index (χ4n) is 1.93. The zero-order valence-electron chi connectivity index (χ0n) is 11.9. The zero-order valence-corrected chi connectivity index (χ0v) is 12.7. The predicted molar refractivity (Wildman–Crippen MR) is 82.2 cm³/mol. The molecule has 1 heterocycles. The highest BCUT2D eigenvalue weighted by atomic mass is 32.2. The van der Waals surface area contributed by atoms with Crippen LogP contribution < -0.4 is 10.5 Å². The maximum Gasteiger partial charge on any atom is 0.238 e. The Hall–Kier alpha value is -2.25. The Morgan fingerprint density at radius 2 is 1.86 bits per heavy atom. The van der Waals surface area contributed by atoms with E-state index in [4.69, 9.17) is 5.14 Å². The van der Waals surface area contributed by atoms with Gasteiger partial charge in [-0.2, -0.15) is 0 Å². The minimum absolute atomic E-state index is 0.0380. The maximum absolute atomic E-state index is 11.8. The number of benzene rings is 1. The third-order valence-corrected chi connectivity index (χ3v) is 4.02. The molecule has 0 saturated heterocycles. The molecule has 1 amide bonds. The molecule has 116 valence electrons. The highest BCUT2D eigenvalue weighted by Gasteiger charge is 2.08. The first-order valence-corrected chi connectivity index (χ1v) is 8.27. The number of rotatable bonds is 6. The van der Waals surface area contributed by atoms with Crippen LogP contribution in [-0.4, -0.2) is 19.3 Å². The average Bonchev–Trinajstić information content (AvgIpc) is 2.51. The summed E-state index contributed by atoms with van der Waals surface area (Å²) in [5, 5.41) is 7.83. The molecule has 0 spiro atoms. The summed E-state index contributed by atoms with van der Waals surface area (Å²) in [7, 11) is -3.73. The van der Waals surface area contributed by atoms with Gasteiger partial charge >= 0.3 is 0 Å². The van der Waals surface area contributed by atoms with E-state index in [0.29, 0.717) is 18.4 Å². The highest BCUT2D eigenvalue weighted by Crippen LogP contribution is 2.09.